The van der Waals surface area contributed by atoms with Crippen LogP contribution in [0.15, 0.2) is 47.4 Å². The molecule has 0 aliphatic carbocycles. The third kappa shape index (κ3) is 6.10. The van der Waals surface area contributed by atoms with E-state index in [1.54, 1.807) is 32.0 Å². The van der Waals surface area contributed by atoms with Gasteiger partial charge in [0.2, 0.25) is 26.0 Å². The smallest absolute Gasteiger partial charge is 0.243 e. The number of nitrogens with one attached hydrogen (secondary N) is 2. The maximum absolute atomic E-state index is 13.1. The molecule has 33 heavy (non-hydrogen) atoms. The number of amides is 1. The molecule has 0 unspecified atom stereocenters. The van der Waals surface area contributed by atoms with Crippen LogP contribution in [0, 0.1) is 18.7 Å². The van der Waals surface area contributed by atoms with E-state index in [0.717, 1.165) is 12.1 Å². The van der Waals surface area contributed by atoms with E-state index in [1.165, 1.54) is 16.4 Å². The number of halogens is 1. The van der Waals surface area contributed by atoms with Crippen LogP contribution in [0.3, 0.4) is 0 Å². The molecule has 180 valence electrons. The van der Waals surface area contributed by atoms with Crippen LogP contribution in [0.2, 0.25) is 0 Å². The van der Waals surface area contributed by atoms with Crippen LogP contribution in [0.1, 0.15) is 31.7 Å². The van der Waals surface area contributed by atoms with E-state index >= 15 is 0 Å². The fraction of sp³-hybridized carbons (Fsp3) is 0.409. The van der Waals surface area contributed by atoms with Crippen molar-refractivity contribution in [2.75, 3.05) is 28.9 Å². The van der Waals surface area contributed by atoms with E-state index in [0.29, 0.717) is 36.2 Å². The van der Waals surface area contributed by atoms with Gasteiger partial charge in [-0.05, 0) is 68.1 Å². The first kappa shape index (κ1) is 25.1. The van der Waals surface area contributed by atoms with Gasteiger partial charge in [-0.3, -0.25) is 9.52 Å². The van der Waals surface area contributed by atoms with Gasteiger partial charge in [-0.2, -0.15) is 4.31 Å². The Morgan fingerprint density at radius 3 is 2.24 bits per heavy atom. The molecule has 1 aliphatic heterocycles. The molecule has 0 atom stereocenters. The Kier molecular flexibility index (Phi) is 7.76. The number of nitrogens with zero attached hydrogens (tertiary/aromatic N) is 1. The molecule has 0 aromatic heterocycles. The second kappa shape index (κ2) is 10.2. The summed E-state index contributed by atoms with van der Waals surface area (Å²) in [6.45, 7) is 3.84. The number of sulfonamides is 2. The SMILES string of the molecule is CCCS(=O)(=O)Nc1cccc(NC(=O)C2CCN(S(=O)(=O)c3ccc(F)cc3)CC2)c1C. The number of piperidine rings is 1. The quantitative estimate of drug-likeness (QED) is 0.581. The minimum absolute atomic E-state index is 0.00241. The van der Waals surface area contributed by atoms with Gasteiger partial charge in [-0.25, -0.2) is 21.2 Å². The van der Waals surface area contributed by atoms with E-state index in [1.807, 2.05) is 0 Å². The molecule has 2 N–H and O–H groups in total. The monoisotopic (exact) mass is 497 g/mol. The molecule has 1 heterocycles. The van der Waals surface area contributed by atoms with Gasteiger partial charge in [0.15, 0.2) is 0 Å². The maximum Gasteiger partial charge on any atom is 0.243 e. The van der Waals surface area contributed by atoms with Crippen molar-refractivity contribution in [1.82, 2.24) is 4.31 Å². The van der Waals surface area contributed by atoms with Crippen LogP contribution in [0.4, 0.5) is 15.8 Å². The molecule has 0 spiro atoms. The van der Waals surface area contributed by atoms with Gasteiger partial charge < -0.3 is 5.32 Å². The lowest BCUT2D eigenvalue weighted by Crippen LogP contribution is -2.41. The average molecular weight is 498 g/mol. The molecular formula is C22H28FN3O5S2. The van der Waals surface area contributed by atoms with E-state index in [2.05, 4.69) is 10.0 Å². The van der Waals surface area contributed by atoms with Gasteiger partial charge in [0, 0.05) is 24.7 Å². The molecule has 11 heteroatoms. The van der Waals surface area contributed by atoms with Crippen molar-refractivity contribution in [3.05, 3.63) is 53.8 Å². The third-order valence-corrected chi connectivity index (χ3v) is 9.00. The number of hydrogen-bond donors (Lipinski definition) is 2. The zero-order chi connectivity index (χ0) is 24.2. The number of rotatable bonds is 8. The van der Waals surface area contributed by atoms with E-state index in [-0.39, 0.29) is 35.6 Å². The molecule has 0 saturated carbocycles. The second-order valence-electron chi connectivity index (χ2n) is 8.02. The number of carbonyl (C=O) groups is 1. The Morgan fingerprint density at radius 1 is 1.03 bits per heavy atom. The van der Waals surface area contributed by atoms with Crippen LogP contribution in [-0.4, -0.2) is 45.9 Å². The normalized spacial score (nSPS) is 15.8. The maximum atomic E-state index is 13.1. The molecule has 1 amide bonds. The highest BCUT2D eigenvalue weighted by Gasteiger charge is 2.32. The Morgan fingerprint density at radius 2 is 1.64 bits per heavy atom. The summed E-state index contributed by atoms with van der Waals surface area (Å²) >= 11 is 0. The summed E-state index contributed by atoms with van der Waals surface area (Å²) < 4.78 is 66.7. The summed E-state index contributed by atoms with van der Waals surface area (Å²) in [5.41, 5.74) is 1.50. The van der Waals surface area contributed by atoms with E-state index in [4.69, 9.17) is 0 Å². The zero-order valence-electron chi connectivity index (χ0n) is 18.5. The fourth-order valence-corrected chi connectivity index (χ4v) is 6.38. The van der Waals surface area contributed by atoms with Crippen molar-refractivity contribution < 1.29 is 26.0 Å². The summed E-state index contributed by atoms with van der Waals surface area (Å²) in [5.74, 6) is -1.14. The van der Waals surface area contributed by atoms with Crippen molar-refractivity contribution in [3.8, 4) is 0 Å². The molecule has 0 bridgehead atoms. The molecule has 1 aliphatic rings. The summed E-state index contributed by atoms with van der Waals surface area (Å²) in [6.07, 6.45) is 1.17. The summed E-state index contributed by atoms with van der Waals surface area (Å²) in [4.78, 5) is 12.8. The highest BCUT2D eigenvalue weighted by atomic mass is 32.2. The number of benzene rings is 2. The van der Waals surface area contributed by atoms with Gasteiger partial charge in [0.25, 0.3) is 0 Å². The standard InChI is InChI=1S/C22H28FN3O5S2/c1-3-15-32(28,29)25-21-6-4-5-20(16(21)2)24-22(27)17-11-13-26(14-12-17)33(30,31)19-9-7-18(23)8-10-19/h4-10,17,25H,3,11-15H2,1-2H3,(H,24,27). The van der Waals surface area contributed by atoms with Crippen molar-refractivity contribution in [2.45, 2.75) is 38.0 Å². The van der Waals surface area contributed by atoms with Crippen LogP contribution < -0.4 is 10.0 Å². The summed E-state index contributed by atoms with van der Waals surface area (Å²) in [5, 5.41) is 2.85. The lowest BCUT2D eigenvalue weighted by Gasteiger charge is -2.30. The van der Waals surface area contributed by atoms with Gasteiger partial charge >= 0.3 is 0 Å². The first-order valence-corrected chi connectivity index (χ1v) is 13.8. The number of anilines is 2. The van der Waals surface area contributed by atoms with Crippen LogP contribution in [0.5, 0.6) is 0 Å². The van der Waals surface area contributed by atoms with Gasteiger partial charge in [-0.1, -0.05) is 13.0 Å². The zero-order valence-corrected chi connectivity index (χ0v) is 20.2. The lowest BCUT2D eigenvalue weighted by molar-refractivity contribution is -0.120. The van der Waals surface area contributed by atoms with Crippen molar-refractivity contribution >= 4 is 37.3 Å². The van der Waals surface area contributed by atoms with E-state index in [9.17, 15) is 26.0 Å². The molecule has 8 nitrogen and oxygen atoms in total. The highest BCUT2D eigenvalue weighted by Crippen LogP contribution is 2.28. The van der Waals surface area contributed by atoms with Crippen molar-refractivity contribution in [3.63, 3.8) is 0 Å². The van der Waals surface area contributed by atoms with Crippen LogP contribution >= 0.6 is 0 Å². The Balaban J connectivity index is 1.64. The Bertz CT molecular complexity index is 1210. The lowest BCUT2D eigenvalue weighted by atomic mass is 9.97. The Hall–Kier alpha value is -2.50. The fourth-order valence-electron chi connectivity index (χ4n) is 3.72. The van der Waals surface area contributed by atoms with Crippen LogP contribution in [-0.2, 0) is 24.8 Å². The minimum atomic E-state index is -3.75. The molecule has 1 fully saturated rings. The van der Waals surface area contributed by atoms with Crippen LogP contribution in [0.25, 0.3) is 0 Å². The van der Waals surface area contributed by atoms with Gasteiger partial charge in [0.1, 0.15) is 5.82 Å². The van der Waals surface area contributed by atoms with Gasteiger partial charge in [-0.15, -0.1) is 0 Å². The van der Waals surface area contributed by atoms with Gasteiger partial charge in [0.05, 0.1) is 16.3 Å². The first-order valence-electron chi connectivity index (χ1n) is 10.7. The minimum Gasteiger partial charge on any atom is -0.326 e. The predicted octanol–water partition coefficient (Wildman–Crippen LogP) is 3.33. The Labute approximate surface area is 194 Å². The summed E-state index contributed by atoms with van der Waals surface area (Å²) in [7, 11) is -7.22. The topological polar surface area (TPSA) is 113 Å². The van der Waals surface area contributed by atoms with Crippen molar-refractivity contribution in [1.29, 1.82) is 0 Å². The third-order valence-electron chi connectivity index (χ3n) is 5.61. The molecule has 2 aromatic rings. The number of hydrogen-bond acceptors (Lipinski definition) is 5. The molecule has 0 radical (unpaired) electrons. The largest absolute Gasteiger partial charge is 0.326 e. The van der Waals surface area contributed by atoms with Crippen molar-refractivity contribution in [2.24, 2.45) is 5.92 Å². The first-order chi connectivity index (χ1) is 15.5. The highest BCUT2D eigenvalue weighted by molar-refractivity contribution is 7.92. The second-order valence-corrected chi connectivity index (χ2v) is 11.8. The summed E-state index contributed by atoms with van der Waals surface area (Å²) in [6, 6.07) is 9.65. The van der Waals surface area contributed by atoms with E-state index < -0.39 is 25.9 Å². The molecular weight excluding hydrogens is 469 g/mol. The molecule has 3 rings (SSSR count). The molecule has 2 aromatic carbocycles. The number of carbonyl (C=O) groups excluding carboxylic acids is 1. The average Bonchev–Trinajstić information content (AvgIpc) is 2.76. The molecule has 1 saturated heterocycles. The predicted molar refractivity (Wildman–Crippen MR) is 125 cm³/mol.